The van der Waals surface area contributed by atoms with Crippen LogP contribution in [-0.4, -0.2) is 44.4 Å². The molecule has 0 radical (unpaired) electrons. The van der Waals surface area contributed by atoms with Crippen LogP contribution in [0, 0.1) is 28.6 Å². The maximum Gasteiger partial charge on any atom is 0.198 e. The molecule has 27 heavy (non-hydrogen) atoms. The molecule has 9 aliphatic rings. The summed E-state index contributed by atoms with van der Waals surface area (Å²) in [5.41, 5.74) is 1.87. The third-order valence-corrected chi connectivity index (χ3v) is 9.01. The number of rotatable bonds is 0. The lowest BCUT2D eigenvalue weighted by Gasteiger charge is -2.59. The van der Waals surface area contributed by atoms with Crippen molar-refractivity contribution < 1.29 is 18.9 Å². The average molecular weight is 373 g/mol. The topological polar surface area (TPSA) is 36.9 Å². The van der Waals surface area contributed by atoms with Crippen molar-refractivity contribution in [2.45, 2.75) is 63.9 Å². The number of hydrogen-bond acceptors (Lipinski definition) is 4. The molecule has 5 aliphatic heterocycles. The van der Waals surface area contributed by atoms with E-state index in [-0.39, 0.29) is 16.9 Å². The Morgan fingerprint density at radius 1 is 0.963 bits per heavy atom. The van der Waals surface area contributed by atoms with Gasteiger partial charge in [-0.3, -0.25) is 0 Å². The fourth-order valence-electron chi connectivity index (χ4n) is 7.57. The quantitative estimate of drug-likeness (QED) is 0.605. The van der Waals surface area contributed by atoms with E-state index in [0.717, 1.165) is 24.7 Å². The number of ether oxygens (including phenoxy) is 4. The van der Waals surface area contributed by atoms with Crippen LogP contribution in [0.4, 0.5) is 0 Å². The Kier molecular flexibility index (Phi) is 3.62. The zero-order chi connectivity index (χ0) is 18.3. The molecule has 2 saturated heterocycles. The van der Waals surface area contributed by atoms with Gasteiger partial charge in [-0.15, -0.1) is 0 Å². The first-order chi connectivity index (χ1) is 13.1. The Hall–Kier alpha value is -0.680. The maximum atomic E-state index is 6.43. The molecular formula is C23H32O4. The Bertz CT molecular complexity index is 700. The van der Waals surface area contributed by atoms with Crippen molar-refractivity contribution >= 4 is 0 Å². The lowest BCUT2D eigenvalue weighted by molar-refractivity contribution is -0.340. The van der Waals surface area contributed by atoms with Crippen LogP contribution in [0.15, 0.2) is 23.8 Å². The molecule has 4 nitrogen and oxygen atoms in total. The van der Waals surface area contributed by atoms with Gasteiger partial charge in [-0.25, -0.2) is 0 Å². The van der Waals surface area contributed by atoms with Crippen molar-refractivity contribution in [2.24, 2.45) is 28.6 Å². The van der Waals surface area contributed by atoms with Crippen molar-refractivity contribution in [3.8, 4) is 0 Å². The van der Waals surface area contributed by atoms with Gasteiger partial charge in [0.15, 0.2) is 5.79 Å². The van der Waals surface area contributed by atoms with Gasteiger partial charge >= 0.3 is 0 Å². The van der Waals surface area contributed by atoms with E-state index >= 15 is 0 Å². The van der Waals surface area contributed by atoms with Crippen LogP contribution in [0.1, 0.15) is 46.0 Å². The highest BCUT2D eigenvalue weighted by molar-refractivity contribution is 5.32. The van der Waals surface area contributed by atoms with Crippen molar-refractivity contribution in [3.63, 3.8) is 0 Å². The maximum absolute atomic E-state index is 6.43. The Morgan fingerprint density at radius 2 is 1.74 bits per heavy atom. The van der Waals surface area contributed by atoms with Crippen LogP contribution in [0.5, 0.6) is 0 Å². The van der Waals surface area contributed by atoms with Crippen LogP contribution < -0.4 is 0 Å². The van der Waals surface area contributed by atoms with E-state index in [1.807, 2.05) is 0 Å². The van der Waals surface area contributed by atoms with Gasteiger partial charge < -0.3 is 18.9 Å². The van der Waals surface area contributed by atoms with Gasteiger partial charge in [0.1, 0.15) is 6.10 Å². The zero-order valence-electron chi connectivity index (χ0n) is 16.6. The first kappa shape index (κ1) is 17.2. The van der Waals surface area contributed by atoms with Gasteiger partial charge in [0.2, 0.25) is 0 Å². The van der Waals surface area contributed by atoms with Crippen LogP contribution in [0.3, 0.4) is 0 Å². The average Bonchev–Trinajstić information content (AvgIpc) is 3.00. The fourth-order valence-corrected chi connectivity index (χ4v) is 7.57. The first-order valence-electron chi connectivity index (χ1n) is 11.0. The molecule has 0 amide bonds. The predicted molar refractivity (Wildman–Crippen MR) is 101 cm³/mol. The second-order valence-electron chi connectivity index (χ2n) is 10.1. The van der Waals surface area contributed by atoms with E-state index in [1.165, 1.54) is 24.8 Å². The summed E-state index contributed by atoms with van der Waals surface area (Å²) in [7, 11) is 0. The van der Waals surface area contributed by atoms with Gasteiger partial charge in [-0.1, -0.05) is 37.6 Å². The van der Waals surface area contributed by atoms with Crippen LogP contribution >= 0.6 is 0 Å². The minimum absolute atomic E-state index is 0.0202. The lowest BCUT2D eigenvalue weighted by Crippen LogP contribution is -2.61. The molecule has 0 aromatic heterocycles. The predicted octanol–water partition coefficient (Wildman–Crippen LogP) is 3.86. The summed E-state index contributed by atoms with van der Waals surface area (Å²) in [6.45, 7) is 7.43. The molecule has 1 spiro atoms. The minimum Gasteiger partial charge on any atom is -0.375 e. The highest BCUT2D eigenvalue weighted by Gasteiger charge is 2.62. The van der Waals surface area contributed by atoms with E-state index in [1.54, 1.807) is 0 Å². The minimum atomic E-state index is -0.613. The third-order valence-electron chi connectivity index (χ3n) is 9.01. The van der Waals surface area contributed by atoms with E-state index in [9.17, 15) is 0 Å². The molecule has 2 saturated carbocycles. The summed E-state index contributed by atoms with van der Waals surface area (Å²) in [6.07, 6.45) is 13.5. The van der Waals surface area contributed by atoms with Crippen molar-refractivity contribution in [1.82, 2.24) is 0 Å². The Labute approximate surface area is 162 Å². The standard InChI is InChI=1S/C23H32O4/c1-21-8-7-18-16-4-3-15-13-23(20(14-22(15,18)2)25-10-12-27-23)26-11-9-24-19(21)6-5-17(16)21/h3,7-8,16-20H,4-6,9-14H2,1-2H3/t16-,17+,18?,19?,20?,21-,22-,23?/m0/s1. The second kappa shape index (κ2) is 5.69. The summed E-state index contributed by atoms with van der Waals surface area (Å²) < 4.78 is 25.4. The highest BCUT2D eigenvalue weighted by Crippen LogP contribution is 2.64. The highest BCUT2D eigenvalue weighted by atomic mass is 16.7. The molecule has 4 unspecified atom stereocenters. The normalized spacial score (nSPS) is 56.2. The van der Waals surface area contributed by atoms with Crippen LogP contribution in [-0.2, 0) is 18.9 Å². The molecule has 5 heterocycles. The molecular weight excluding hydrogens is 340 g/mol. The van der Waals surface area contributed by atoms with Crippen LogP contribution in [0.2, 0.25) is 0 Å². The van der Waals surface area contributed by atoms with Crippen molar-refractivity contribution in [2.75, 3.05) is 26.4 Å². The number of hydrogen-bond donors (Lipinski definition) is 0. The third kappa shape index (κ3) is 2.19. The largest absolute Gasteiger partial charge is 0.375 e. The van der Waals surface area contributed by atoms with Gasteiger partial charge in [-0.2, -0.15) is 0 Å². The van der Waals surface area contributed by atoms with Gasteiger partial charge in [0.25, 0.3) is 0 Å². The van der Waals surface area contributed by atoms with E-state index in [2.05, 4.69) is 32.1 Å². The van der Waals surface area contributed by atoms with Gasteiger partial charge in [0, 0.05) is 11.8 Å². The summed E-state index contributed by atoms with van der Waals surface area (Å²) in [5.74, 6) is 1.43. The number of fused-ring (bicyclic) bond motifs is 1. The second-order valence-corrected chi connectivity index (χ2v) is 10.1. The Morgan fingerprint density at radius 3 is 2.56 bits per heavy atom. The SMILES string of the molecule is C[C@]12CC3OCCOC34CC1=CC[C@@H]1C2C=C[C@]2(C)C(CC[C@H]12)OCCO4. The molecule has 0 aromatic rings. The molecule has 4 aliphatic carbocycles. The van der Waals surface area contributed by atoms with E-state index in [4.69, 9.17) is 18.9 Å². The smallest absolute Gasteiger partial charge is 0.198 e. The molecule has 4 heteroatoms. The summed E-state index contributed by atoms with van der Waals surface area (Å²) in [5, 5.41) is 0. The van der Waals surface area contributed by atoms with E-state index < -0.39 is 5.79 Å². The Balaban J connectivity index is 1.49. The van der Waals surface area contributed by atoms with Crippen LogP contribution in [0.25, 0.3) is 0 Å². The van der Waals surface area contributed by atoms with Crippen molar-refractivity contribution in [3.05, 3.63) is 23.8 Å². The molecule has 8 bridgehead atoms. The molecule has 8 atom stereocenters. The van der Waals surface area contributed by atoms with Gasteiger partial charge in [-0.05, 0) is 48.9 Å². The molecule has 9 rings (SSSR count). The molecule has 148 valence electrons. The zero-order valence-corrected chi connectivity index (χ0v) is 16.6. The lowest BCUT2D eigenvalue weighted by atomic mass is 9.49. The van der Waals surface area contributed by atoms with Gasteiger partial charge in [0.05, 0.1) is 32.5 Å². The molecule has 4 fully saturated rings. The molecule has 0 N–H and O–H groups in total. The fraction of sp³-hybridized carbons (Fsp3) is 0.826. The summed E-state index contributed by atoms with van der Waals surface area (Å²) in [4.78, 5) is 0. The number of allylic oxidation sites excluding steroid dienone is 2. The van der Waals surface area contributed by atoms with E-state index in [0.29, 0.717) is 38.4 Å². The monoisotopic (exact) mass is 372 g/mol. The summed E-state index contributed by atoms with van der Waals surface area (Å²) in [6, 6.07) is 0. The first-order valence-corrected chi connectivity index (χ1v) is 11.0. The molecule has 0 aromatic carbocycles. The van der Waals surface area contributed by atoms with Crippen molar-refractivity contribution in [1.29, 1.82) is 0 Å². The summed E-state index contributed by atoms with van der Waals surface area (Å²) >= 11 is 0.